The molecule has 1 N–H and O–H groups in total. The van der Waals surface area contributed by atoms with Crippen molar-refractivity contribution in [3.05, 3.63) is 123 Å². The number of fused-ring (bicyclic) bond motifs is 4. The van der Waals surface area contributed by atoms with Gasteiger partial charge in [0.1, 0.15) is 11.6 Å². The zero-order chi connectivity index (χ0) is 31.4. The van der Waals surface area contributed by atoms with Gasteiger partial charge in [0.15, 0.2) is 5.82 Å². The number of aromatic amines is 1. The Labute approximate surface area is 266 Å². The summed E-state index contributed by atoms with van der Waals surface area (Å²) in [6, 6.07) is 28.0. The lowest BCUT2D eigenvalue weighted by Gasteiger charge is -2.26. The van der Waals surface area contributed by atoms with E-state index in [1.807, 2.05) is 6.07 Å². The molecule has 230 valence electrons. The highest BCUT2D eigenvalue weighted by molar-refractivity contribution is 5.87. The summed E-state index contributed by atoms with van der Waals surface area (Å²) in [5.41, 5.74) is 12.5. The van der Waals surface area contributed by atoms with Crippen LogP contribution in [0.3, 0.4) is 0 Å². The number of imidazole rings is 2. The van der Waals surface area contributed by atoms with Gasteiger partial charge in [0.25, 0.3) is 0 Å². The molecule has 9 nitrogen and oxygen atoms in total. The number of nitrogens with zero attached hydrogens (tertiary/aromatic N) is 6. The molecule has 1 aliphatic heterocycles. The molecule has 9 heteroatoms. The molecule has 0 amide bonds. The Morgan fingerprint density at radius 2 is 1.67 bits per heavy atom. The lowest BCUT2D eigenvalue weighted by atomic mass is 10.0. The van der Waals surface area contributed by atoms with Crippen LogP contribution >= 0.6 is 0 Å². The van der Waals surface area contributed by atoms with E-state index in [-0.39, 0.29) is 0 Å². The van der Waals surface area contributed by atoms with Crippen LogP contribution in [0.2, 0.25) is 0 Å². The number of hydrogen-bond donors (Lipinski definition) is 1. The molecule has 8 rings (SSSR count). The second-order valence-electron chi connectivity index (χ2n) is 12.2. The van der Waals surface area contributed by atoms with Gasteiger partial charge in [-0.05, 0) is 84.8 Å². The third kappa shape index (κ3) is 4.79. The maximum absolute atomic E-state index is 11.7. The van der Waals surface area contributed by atoms with Crippen molar-refractivity contribution in [2.75, 3.05) is 4.90 Å². The highest BCUT2D eigenvalue weighted by atomic mass is 16.5. The minimum Gasteiger partial charge on any atom is -0.333 e. The molecular weight excluding hydrogens is 574 g/mol. The molecule has 4 heterocycles. The van der Waals surface area contributed by atoms with Gasteiger partial charge in [-0.25, -0.2) is 14.8 Å². The number of nitrogens with one attached hydrogen (secondary N) is 1. The van der Waals surface area contributed by atoms with Crippen molar-refractivity contribution in [1.29, 1.82) is 0 Å². The number of aryl methyl sites for hydroxylation is 5. The summed E-state index contributed by atoms with van der Waals surface area (Å²) in [7, 11) is 2.08. The number of benzene rings is 4. The SMILES string of the molecule is CCCc1nc2c(C)cc(-c3nc4ccccc4n3C)cc2n1Cc1ccc2c(c1)CCc1ccccc1N2Cc1noc(=O)[nH]1. The molecule has 0 fully saturated rings. The van der Waals surface area contributed by atoms with Crippen LogP contribution in [0.25, 0.3) is 33.5 Å². The molecule has 3 aromatic heterocycles. The van der Waals surface area contributed by atoms with Crippen molar-refractivity contribution in [1.82, 2.24) is 29.2 Å². The van der Waals surface area contributed by atoms with E-state index < -0.39 is 5.76 Å². The summed E-state index contributed by atoms with van der Waals surface area (Å²) in [5, 5.41) is 3.96. The Morgan fingerprint density at radius 1 is 0.870 bits per heavy atom. The summed E-state index contributed by atoms with van der Waals surface area (Å²) in [5.74, 6) is 2.01. The van der Waals surface area contributed by atoms with Crippen molar-refractivity contribution in [2.24, 2.45) is 7.05 Å². The maximum atomic E-state index is 11.7. The number of H-pyrrole nitrogens is 1. The van der Waals surface area contributed by atoms with Gasteiger partial charge in [0.2, 0.25) is 0 Å². The van der Waals surface area contributed by atoms with Gasteiger partial charge < -0.3 is 14.0 Å². The minimum atomic E-state index is -0.543. The van der Waals surface area contributed by atoms with Crippen molar-refractivity contribution in [2.45, 2.75) is 52.6 Å². The highest BCUT2D eigenvalue weighted by Crippen LogP contribution is 2.38. The van der Waals surface area contributed by atoms with E-state index in [1.54, 1.807) is 0 Å². The predicted molar refractivity (Wildman–Crippen MR) is 181 cm³/mol. The van der Waals surface area contributed by atoms with Crippen molar-refractivity contribution < 1.29 is 4.52 Å². The van der Waals surface area contributed by atoms with Crippen molar-refractivity contribution >= 4 is 33.4 Å². The zero-order valence-corrected chi connectivity index (χ0v) is 26.2. The van der Waals surface area contributed by atoms with Gasteiger partial charge in [-0.15, -0.1) is 0 Å². The standard InChI is InChI=1S/C37H35N7O2/c1-4-9-34-40-35-23(2)18-27(36-38-28-11-6-8-13-31(28)42(36)3)20-32(35)44(34)21-24-14-17-30-26(19-24)16-15-25-10-5-7-12-29(25)43(30)22-33-39-37(45)46-41-33/h5-8,10-14,17-20H,4,9,15-16,21-22H2,1-3H3,(H,39,41,45). The molecule has 46 heavy (non-hydrogen) atoms. The van der Waals surface area contributed by atoms with Crippen LogP contribution in [-0.4, -0.2) is 29.2 Å². The first-order valence-electron chi connectivity index (χ1n) is 15.9. The molecule has 1 aliphatic rings. The summed E-state index contributed by atoms with van der Waals surface area (Å²) in [6.07, 6.45) is 3.75. The van der Waals surface area contributed by atoms with Gasteiger partial charge in [-0.2, -0.15) is 0 Å². The van der Waals surface area contributed by atoms with E-state index >= 15 is 0 Å². The topological polar surface area (TPSA) is 97.8 Å². The fourth-order valence-corrected chi connectivity index (χ4v) is 6.98. The summed E-state index contributed by atoms with van der Waals surface area (Å²) in [6.45, 7) is 5.48. The fraction of sp³-hybridized carbons (Fsp3) is 0.243. The maximum Gasteiger partial charge on any atom is 0.438 e. The molecule has 4 aromatic carbocycles. The van der Waals surface area contributed by atoms with Crippen LogP contribution in [0.4, 0.5) is 11.4 Å². The van der Waals surface area contributed by atoms with Gasteiger partial charge in [-0.3, -0.25) is 9.51 Å². The Bertz CT molecular complexity index is 2300. The zero-order valence-electron chi connectivity index (χ0n) is 26.2. The molecular formula is C37H35N7O2. The van der Waals surface area contributed by atoms with Crippen molar-refractivity contribution in [3.63, 3.8) is 0 Å². The molecule has 0 radical (unpaired) electrons. The number of hydrogen-bond acceptors (Lipinski definition) is 6. The van der Waals surface area contributed by atoms with E-state index in [0.717, 1.165) is 81.9 Å². The fourth-order valence-electron chi connectivity index (χ4n) is 6.98. The molecule has 7 aromatic rings. The van der Waals surface area contributed by atoms with Crippen LogP contribution in [0.15, 0.2) is 88.2 Å². The van der Waals surface area contributed by atoms with Gasteiger partial charge in [-0.1, -0.05) is 54.5 Å². The Morgan fingerprint density at radius 3 is 2.50 bits per heavy atom. The lowest BCUT2D eigenvalue weighted by Crippen LogP contribution is -2.19. The average molecular weight is 610 g/mol. The molecule has 0 bridgehead atoms. The summed E-state index contributed by atoms with van der Waals surface area (Å²) < 4.78 is 9.39. The minimum absolute atomic E-state index is 0.409. The largest absolute Gasteiger partial charge is 0.438 e. The smallest absolute Gasteiger partial charge is 0.333 e. The monoisotopic (exact) mass is 609 g/mol. The Hall–Kier alpha value is -5.44. The second-order valence-corrected chi connectivity index (χ2v) is 12.2. The van der Waals surface area contributed by atoms with E-state index in [2.05, 4.69) is 118 Å². The molecule has 0 spiro atoms. The number of para-hydroxylation sites is 3. The first-order valence-corrected chi connectivity index (χ1v) is 15.9. The normalized spacial score (nSPS) is 12.9. The third-order valence-corrected chi connectivity index (χ3v) is 9.16. The number of rotatable bonds is 7. The number of aromatic nitrogens is 6. The Kier molecular flexibility index (Phi) is 6.82. The van der Waals surface area contributed by atoms with Gasteiger partial charge in [0, 0.05) is 37.0 Å². The average Bonchev–Trinajstić information content (AvgIpc) is 3.71. The second kappa shape index (κ2) is 11.2. The van der Waals surface area contributed by atoms with Crippen LogP contribution < -0.4 is 10.7 Å². The number of anilines is 2. The predicted octanol–water partition coefficient (Wildman–Crippen LogP) is 7.01. The van der Waals surface area contributed by atoms with Crippen LogP contribution in [0.5, 0.6) is 0 Å². The van der Waals surface area contributed by atoms with Gasteiger partial charge in [0.05, 0.1) is 28.6 Å². The highest BCUT2D eigenvalue weighted by Gasteiger charge is 2.23. The van der Waals surface area contributed by atoms with E-state index in [4.69, 9.17) is 14.5 Å². The summed E-state index contributed by atoms with van der Waals surface area (Å²) >= 11 is 0. The molecule has 0 saturated heterocycles. The summed E-state index contributed by atoms with van der Waals surface area (Å²) in [4.78, 5) is 26.8. The first-order chi connectivity index (χ1) is 22.5. The molecule has 0 atom stereocenters. The lowest BCUT2D eigenvalue weighted by molar-refractivity contribution is 0.381. The third-order valence-electron chi connectivity index (χ3n) is 9.16. The van der Waals surface area contributed by atoms with E-state index in [0.29, 0.717) is 18.9 Å². The Balaban J connectivity index is 1.21. The van der Waals surface area contributed by atoms with Crippen molar-refractivity contribution in [3.8, 4) is 11.4 Å². The quantitative estimate of drug-likeness (QED) is 0.209. The van der Waals surface area contributed by atoms with Crippen LogP contribution in [0.1, 0.15) is 47.2 Å². The first kappa shape index (κ1) is 28.1. The van der Waals surface area contributed by atoms with E-state index in [1.165, 1.54) is 16.7 Å². The van der Waals surface area contributed by atoms with Crippen LogP contribution in [-0.2, 0) is 39.4 Å². The van der Waals surface area contributed by atoms with Crippen LogP contribution in [0, 0.1) is 6.92 Å². The molecule has 0 unspecified atom stereocenters. The molecule has 0 saturated carbocycles. The van der Waals surface area contributed by atoms with E-state index in [9.17, 15) is 4.79 Å². The van der Waals surface area contributed by atoms with Gasteiger partial charge >= 0.3 is 5.76 Å². The molecule has 0 aliphatic carbocycles.